The Kier molecular flexibility index (Phi) is 1.87. The summed E-state index contributed by atoms with van der Waals surface area (Å²) in [5.41, 5.74) is 0. The molecule has 1 atom stereocenters. The second kappa shape index (κ2) is 2.73. The van der Waals surface area contributed by atoms with Gasteiger partial charge < -0.3 is 4.74 Å². The Morgan fingerprint density at radius 3 is 2.45 bits per heavy atom. The van der Waals surface area contributed by atoms with E-state index in [2.05, 4.69) is 0 Å². The summed E-state index contributed by atoms with van der Waals surface area (Å²) in [6.45, 7) is 1.86. The van der Waals surface area contributed by atoms with Gasteiger partial charge in [-0.1, -0.05) is 6.42 Å². The molecule has 11 heavy (non-hydrogen) atoms. The van der Waals surface area contributed by atoms with Crippen LogP contribution >= 0.6 is 0 Å². The highest BCUT2D eigenvalue weighted by Gasteiger charge is 2.42. The van der Waals surface area contributed by atoms with E-state index in [1.807, 2.05) is 6.92 Å². The summed E-state index contributed by atoms with van der Waals surface area (Å²) < 4.78 is 5.55. The van der Waals surface area contributed by atoms with Crippen molar-refractivity contribution in [3.05, 3.63) is 0 Å². The van der Waals surface area contributed by atoms with Gasteiger partial charge in [0.05, 0.1) is 0 Å². The summed E-state index contributed by atoms with van der Waals surface area (Å²) in [6, 6.07) is 0. The lowest BCUT2D eigenvalue weighted by molar-refractivity contribution is -0.335. The lowest BCUT2D eigenvalue weighted by Crippen LogP contribution is -2.32. The van der Waals surface area contributed by atoms with E-state index >= 15 is 0 Å². The van der Waals surface area contributed by atoms with Gasteiger partial charge in [0.2, 0.25) is 5.79 Å². The Balaban J connectivity index is 1.98. The maximum absolute atomic E-state index is 5.55. The van der Waals surface area contributed by atoms with Crippen LogP contribution in [0.5, 0.6) is 0 Å². The van der Waals surface area contributed by atoms with Crippen molar-refractivity contribution in [2.24, 2.45) is 0 Å². The van der Waals surface area contributed by atoms with E-state index in [1.54, 1.807) is 0 Å². The minimum atomic E-state index is -0.377. The first-order valence-electron chi connectivity index (χ1n) is 4.33. The van der Waals surface area contributed by atoms with Gasteiger partial charge in [-0.3, -0.25) is 0 Å². The lowest BCUT2D eigenvalue weighted by atomic mass is 9.94. The van der Waals surface area contributed by atoms with Crippen LogP contribution in [0.1, 0.15) is 39.0 Å². The fourth-order valence-corrected chi connectivity index (χ4v) is 1.79. The van der Waals surface area contributed by atoms with Crippen molar-refractivity contribution in [1.82, 2.24) is 0 Å². The molecule has 1 saturated heterocycles. The SMILES string of the molecule is CC1OOC2(CCCCC2)O1. The molecule has 1 aliphatic carbocycles. The summed E-state index contributed by atoms with van der Waals surface area (Å²) in [5, 5.41) is 0. The average Bonchev–Trinajstić information content (AvgIpc) is 2.34. The molecule has 0 aromatic heterocycles. The zero-order chi connectivity index (χ0) is 7.73. The van der Waals surface area contributed by atoms with Gasteiger partial charge in [-0.15, -0.1) is 0 Å². The van der Waals surface area contributed by atoms with Crippen LogP contribution in [-0.4, -0.2) is 12.1 Å². The summed E-state index contributed by atoms with van der Waals surface area (Å²) in [7, 11) is 0. The predicted octanol–water partition coefficient (Wildman–Crippen LogP) is 1.97. The Hall–Kier alpha value is -0.120. The quantitative estimate of drug-likeness (QED) is 0.504. The Morgan fingerprint density at radius 1 is 1.18 bits per heavy atom. The molecule has 64 valence electrons. The van der Waals surface area contributed by atoms with Gasteiger partial charge in [0.1, 0.15) is 0 Å². The van der Waals surface area contributed by atoms with Crippen molar-refractivity contribution < 1.29 is 14.5 Å². The van der Waals surface area contributed by atoms with Gasteiger partial charge in [0.15, 0.2) is 6.29 Å². The van der Waals surface area contributed by atoms with Gasteiger partial charge in [-0.2, -0.15) is 4.89 Å². The third kappa shape index (κ3) is 1.41. The molecule has 1 unspecified atom stereocenters. The zero-order valence-corrected chi connectivity index (χ0v) is 6.84. The number of rotatable bonds is 0. The van der Waals surface area contributed by atoms with Crippen LogP contribution in [0.3, 0.4) is 0 Å². The normalized spacial score (nSPS) is 36.3. The van der Waals surface area contributed by atoms with E-state index < -0.39 is 0 Å². The second-order valence-corrected chi connectivity index (χ2v) is 3.34. The van der Waals surface area contributed by atoms with E-state index in [0.717, 1.165) is 12.8 Å². The summed E-state index contributed by atoms with van der Waals surface area (Å²) >= 11 is 0. The first-order valence-corrected chi connectivity index (χ1v) is 4.33. The molecule has 0 amide bonds. The van der Waals surface area contributed by atoms with E-state index in [-0.39, 0.29) is 12.1 Å². The molecule has 3 heteroatoms. The maximum Gasteiger partial charge on any atom is 0.204 e. The first kappa shape index (κ1) is 7.53. The van der Waals surface area contributed by atoms with Gasteiger partial charge in [0, 0.05) is 12.8 Å². The molecule has 0 aromatic carbocycles. The van der Waals surface area contributed by atoms with Crippen molar-refractivity contribution in [1.29, 1.82) is 0 Å². The van der Waals surface area contributed by atoms with Crippen molar-refractivity contribution >= 4 is 0 Å². The number of ether oxygens (including phenoxy) is 1. The third-order valence-electron chi connectivity index (χ3n) is 2.33. The van der Waals surface area contributed by atoms with E-state index in [0.29, 0.717) is 0 Å². The largest absolute Gasteiger partial charge is 0.315 e. The van der Waals surface area contributed by atoms with E-state index in [1.165, 1.54) is 19.3 Å². The molecule has 2 fully saturated rings. The highest BCUT2D eigenvalue weighted by molar-refractivity contribution is 4.75. The van der Waals surface area contributed by atoms with Crippen molar-refractivity contribution in [3.63, 3.8) is 0 Å². The van der Waals surface area contributed by atoms with Crippen molar-refractivity contribution in [2.45, 2.75) is 51.1 Å². The lowest BCUT2D eigenvalue weighted by Gasteiger charge is -2.28. The average molecular weight is 158 g/mol. The molecule has 0 N–H and O–H groups in total. The minimum absolute atomic E-state index is 0.187. The van der Waals surface area contributed by atoms with Crippen LogP contribution in [0, 0.1) is 0 Å². The van der Waals surface area contributed by atoms with E-state index in [9.17, 15) is 0 Å². The molecule has 1 aliphatic heterocycles. The van der Waals surface area contributed by atoms with Crippen molar-refractivity contribution in [2.75, 3.05) is 0 Å². The fourth-order valence-electron chi connectivity index (χ4n) is 1.79. The maximum atomic E-state index is 5.55. The Bertz CT molecular complexity index is 135. The van der Waals surface area contributed by atoms with Crippen LogP contribution in [0.2, 0.25) is 0 Å². The van der Waals surface area contributed by atoms with Gasteiger partial charge in [-0.25, -0.2) is 4.89 Å². The van der Waals surface area contributed by atoms with Gasteiger partial charge in [-0.05, 0) is 19.8 Å². The molecule has 0 bridgehead atoms. The van der Waals surface area contributed by atoms with E-state index in [4.69, 9.17) is 14.5 Å². The summed E-state index contributed by atoms with van der Waals surface area (Å²) in [5.74, 6) is -0.377. The number of hydrogen-bond acceptors (Lipinski definition) is 3. The Labute approximate surface area is 66.6 Å². The molecule has 2 rings (SSSR count). The van der Waals surface area contributed by atoms with Gasteiger partial charge in [0.25, 0.3) is 0 Å². The smallest absolute Gasteiger partial charge is 0.204 e. The molecule has 0 radical (unpaired) electrons. The van der Waals surface area contributed by atoms with Crippen LogP contribution in [0.25, 0.3) is 0 Å². The zero-order valence-electron chi connectivity index (χ0n) is 6.84. The highest BCUT2D eigenvalue weighted by atomic mass is 17.3. The molecule has 0 aromatic rings. The van der Waals surface area contributed by atoms with Crippen LogP contribution in [0.15, 0.2) is 0 Å². The topological polar surface area (TPSA) is 27.7 Å². The molecule has 1 heterocycles. The second-order valence-electron chi connectivity index (χ2n) is 3.34. The molecule has 2 aliphatic rings. The monoisotopic (exact) mass is 158 g/mol. The predicted molar refractivity (Wildman–Crippen MR) is 38.5 cm³/mol. The Morgan fingerprint density at radius 2 is 1.91 bits per heavy atom. The standard InChI is InChI=1S/C8H14O3/c1-7-9-8(11-10-7)5-3-2-4-6-8/h7H,2-6H2,1H3. The molecule has 3 nitrogen and oxygen atoms in total. The summed E-state index contributed by atoms with van der Waals surface area (Å²) in [4.78, 5) is 10.1. The summed E-state index contributed by atoms with van der Waals surface area (Å²) in [6.07, 6.45) is 5.46. The third-order valence-corrected chi connectivity index (χ3v) is 2.33. The number of hydrogen-bond donors (Lipinski definition) is 0. The molecule has 1 spiro atoms. The van der Waals surface area contributed by atoms with Crippen LogP contribution in [-0.2, 0) is 14.5 Å². The fraction of sp³-hybridized carbons (Fsp3) is 1.00. The molecular formula is C8H14O3. The van der Waals surface area contributed by atoms with Crippen molar-refractivity contribution in [3.8, 4) is 0 Å². The molecule has 1 saturated carbocycles. The highest BCUT2D eigenvalue weighted by Crippen LogP contribution is 2.37. The minimum Gasteiger partial charge on any atom is -0.315 e. The molecular weight excluding hydrogens is 144 g/mol. The van der Waals surface area contributed by atoms with Gasteiger partial charge >= 0.3 is 0 Å². The van der Waals surface area contributed by atoms with Crippen LogP contribution < -0.4 is 0 Å². The van der Waals surface area contributed by atoms with Crippen LogP contribution in [0.4, 0.5) is 0 Å². The first-order chi connectivity index (χ1) is 5.31.